The minimum Gasteiger partial charge on any atom is -0.508 e. The standard InChI is InChI=1S/C37H46N6O4/c1-4-35(46)42-17-19-43(20-18-42)36-33-11-10-28(23-30-25-31(45)24-29-8-5-6-9-32(29)30)26(2)22-34(33)38-37(39-36)47-21-7-12-40-13-15-41(16-14-40)27(3)44/h4-6,8-9,24-25,28,45H,1-2,7,10-23H2,3H3/t28-/m1/s1. The second kappa shape index (κ2) is 14.5. The zero-order valence-electron chi connectivity index (χ0n) is 27.5. The number of amides is 2. The zero-order chi connectivity index (χ0) is 32.9. The minimum atomic E-state index is -0.0449. The molecule has 1 N–H and O–H groups in total. The third-order valence-corrected chi connectivity index (χ3v) is 9.90. The highest BCUT2D eigenvalue weighted by Crippen LogP contribution is 2.36. The Balaban J connectivity index is 1.18. The van der Waals surface area contributed by atoms with Crippen LogP contribution in [0.2, 0.25) is 0 Å². The lowest BCUT2D eigenvalue weighted by Gasteiger charge is -2.36. The van der Waals surface area contributed by atoms with Crippen LogP contribution in [0.25, 0.3) is 10.8 Å². The predicted molar refractivity (Wildman–Crippen MR) is 184 cm³/mol. The molecule has 3 aliphatic rings. The van der Waals surface area contributed by atoms with Gasteiger partial charge < -0.3 is 24.5 Å². The van der Waals surface area contributed by atoms with E-state index >= 15 is 0 Å². The van der Waals surface area contributed by atoms with Crippen LogP contribution in [0.4, 0.5) is 5.82 Å². The Labute approximate surface area is 277 Å². The zero-order valence-corrected chi connectivity index (χ0v) is 27.5. The highest BCUT2D eigenvalue weighted by molar-refractivity contribution is 5.87. The number of phenols is 1. The summed E-state index contributed by atoms with van der Waals surface area (Å²) in [5.41, 5.74) is 4.34. The molecule has 10 nitrogen and oxygen atoms in total. The molecule has 0 unspecified atom stereocenters. The molecule has 248 valence electrons. The molecule has 0 radical (unpaired) electrons. The summed E-state index contributed by atoms with van der Waals surface area (Å²) < 4.78 is 6.22. The lowest BCUT2D eigenvalue weighted by Crippen LogP contribution is -2.49. The van der Waals surface area contributed by atoms with E-state index < -0.39 is 0 Å². The van der Waals surface area contributed by atoms with Gasteiger partial charge in [-0.15, -0.1) is 0 Å². The SMILES string of the molecule is C=CC(=O)N1CCN(c2nc(OCCCN3CCN(C(C)=O)CC3)nc3c2CC[C@H](Cc2cc(O)cc4ccccc24)C(=C)C3)CC1. The van der Waals surface area contributed by atoms with E-state index in [1.54, 1.807) is 6.92 Å². The fraction of sp³-hybridized carbons (Fsp3) is 0.459. The van der Waals surface area contributed by atoms with Gasteiger partial charge in [-0.25, -0.2) is 0 Å². The molecule has 0 bridgehead atoms. The fourth-order valence-corrected chi connectivity index (χ4v) is 7.16. The van der Waals surface area contributed by atoms with Crippen LogP contribution >= 0.6 is 0 Å². The van der Waals surface area contributed by atoms with E-state index in [9.17, 15) is 14.7 Å². The summed E-state index contributed by atoms with van der Waals surface area (Å²) in [6.07, 6.45) is 5.35. The van der Waals surface area contributed by atoms with Crippen molar-refractivity contribution in [1.29, 1.82) is 0 Å². The van der Waals surface area contributed by atoms with Gasteiger partial charge in [-0.3, -0.25) is 14.5 Å². The number of hydrogen-bond acceptors (Lipinski definition) is 8. The summed E-state index contributed by atoms with van der Waals surface area (Å²) in [6.45, 7) is 17.1. The number of allylic oxidation sites excluding steroid dienone is 1. The summed E-state index contributed by atoms with van der Waals surface area (Å²) in [5.74, 6) is 1.49. The van der Waals surface area contributed by atoms with Crippen molar-refractivity contribution in [3.8, 4) is 11.8 Å². The lowest BCUT2D eigenvalue weighted by atomic mass is 9.87. The normalized spacial score (nSPS) is 19.0. The average molecular weight is 639 g/mol. The van der Waals surface area contributed by atoms with Crippen molar-refractivity contribution in [3.05, 3.63) is 78.0 Å². The van der Waals surface area contributed by atoms with Crippen molar-refractivity contribution in [2.75, 3.05) is 70.4 Å². The van der Waals surface area contributed by atoms with Crippen LogP contribution in [0.5, 0.6) is 11.8 Å². The number of piperazine rings is 2. The van der Waals surface area contributed by atoms with E-state index in [4.69, 9.17) is 14.7 Å². The number of hydrogen-bond donors (Lipinski definition) is 1. The van der Waals surface area contributed by atoms with E-state index in [-0.39, 0.29) is 23.5 Å². The number of anilines is 1. The van der Waals surface area contributed by atoms with Gasteiger partial charge in [-0.1, -0.05) is 43.0 Å². The van der Waals surface area contributed by atoms with Gasteiger partial charge in [0, 0.05) is 77.8 Å². The van der Waals surface area contributed by atoms with Crippen LogP contribution in [0.1, 0.15) is 36.6 Å². The third kappa shape index (κ3) is 7.59. The number of fused-ring (bicyclic) bond motifs is 2. The average Bonchev–Trinajstić information content (AvgIpc) is 3.23. The molecule has 3 aromatic rings. The Morgan fingerprint density at radius 1 is 1.02 bits per heavy atom. The van der Waals surface area contributed by atoms with E-state index in [0.29, 0.717) is 45.2 Å². The molecule has 2 saturated heterocycles. The van der Waals surface area contributed by atoms with Gasteiger partial charge in [0.15, 0.2) is 0 Å². The Morgan fingerprint density at radius 2 is 1.77 bits per heavy atom. The fourth-order valence-electron chi connectivity index (χ4n) is 7.16. The topological polar surface area (TPSA) is 102 Å². The second-order valence-corrected chi connectivity index (χ2v) is 12.9. The van der Waals surface area contributed by atoms with Crippen molar-refractivity contribution in [2.24, 2.45) is 5.92 Å². The molecule has 10 heteroatoms. The van der Waals surface area contributed by atoms with Gasteiger partial charge in [-0.05, 0) is 66.1 Å². The van der Waals surface area contributed by atoms with Crippen LogP contribution in [-0.2, 0) is 28.9 Å². The molecule has 0 spiro atoms. The van der Waals surface area contributed by atoms with E-state index in [1.165, 1.54) is 6.08 Å². The van der Waals surface area contributed by atoms with Crippen molar-refractivity contribution < 1.29 is 19.4 Å². The maximum Gasteiger partial charge on any atom is 0.318 e. The van der Waals surface area contributed by atoms with E-state index in [2.05, 4.69) is 29.0 Å². The number of aromatic hydroxyl groups is 1. The van der Waals surface area contributed by atoms with Gasteiger partial charge in [0.05, 0.1) is 12.3 Å². The Bertz CT molecular complexity index is 1640. The van der Waals surface area contributed by atoms with Crippen molar-refractivity contribution in [3.63, 3.8) is 0 Å². The molecule has 1 aliphatic carbocycles. The van der Waals surface area contributed by atoms with Gasteiger partial charge >= 0.3 is 6.01 Å². The molecule has 0 saturated carbocycles. The molecule has 2 amide bonds. The number of nitrogens with zero attached hydrogens (tertiary/aromatic N) is 6. The quantitative estimate of drug-likeness (QED) is 0.163. The summed E-state index contributed by atoms with van der Waals surface area (Å²) in [4.78, 5) is 42.2. The number of benzene rings is 2. The molecular formula is C37H46N6O4. The number of aromatic nitrogens is 2. The molecule has 1 aromatic heterocycles. The number of rotatable bonds is 9. The molecule has 2 fully saturated rings. The van der Waals surface area contributed by atoms with Gasteiger partial charge in [-0.2, -0.15) is 9.97 Å². The number of carbonyl (C=O) groups is 2. The monoisotopic (exact) mass is 638 g/mol. The molecule has 1 atom stereocenters. The van der Waals surface area contributed by atoms with Crippen molar-refractivity contribution in [1.82, 2.24) is 24.7 Å². The van der Waals surface area contributed by atoms with Crippen molar-refractivity contribution in [2.45, 2.75) is 39.0 Å². The lowest BCUT2D eigenvalue weighted by molar-refractivity contribution is -0.130. The number of phenolic OH excluding ortho intramolecular Hbond substituents is 1. The Morgan fingerprint density at radius 3 is 2.51 bits per heavy atom. The molecule has 6 rings (SSSR count). The summed E-state index contributed by atoms with van der Waals surface area (Å²) in [5, 5.41) is 12.7. The molecule has 2 aliphatic heterocycles. The molecule has 2 aromatic carbocycles. The van der Waals surface area contributed by atoms with Gasteiger partial charge in [0.25, 0.3) is 0 Å². The van der Waals surface area contributed by atoms with Crippen LogP contribution in [0.15, 0.2) is 61.2 Å². The second-order valence-electron chi connectivity index (χ2n) is 12.9. The third-order valence-electron chi connectivity index (χ3n) is 9.90. The maximum absolute atomic E-state index is 12.3. The first-order valence-corrected chi connectivity index (χ1v) is 16.8. The predicted octanol–water partition coefficient (Wildman–Crippen LogP) is 4.01. The van der Waals surface area contributed by atoms with Crippen LogP contribution in [0, 0.1) is 5.92 Å². The smallest absolute Gasteiger partial charge is 0.318 e. The van der Waals surface area contributed by atoms with E-state index in [1.807, 2.05) is 40.1 Å². The maximum atomic E-state index is 12.3. The van der Waals surface area contributed by atoms with Gasteiger partial charge in [0.1, 0.15) is 11.6 Å². The van der Waals surface area contributed by atoms with Crippen LogP contribution in [0.3, 0.4) is 0 Å². The summed E-state index contributed by atoms with van der Waals surface area (Å²) in [7, 11) is 0. The first-order chi connectivity index (χ1) is 22.8. The highest BCUT2D eigenvalue weighted by atomic mass is 16.5. The first-order valence-electron chi connectivity index (χ1n) is 16.8. The molecule has 3 heterocycles. The van der Waals surface area contributed by atoms with Crippen LogP contribution < -0.4 is 9.64 Å². The Kier molecular flexibility index (Phi) is 10.1. The van der Waals surface area contributed by atoms with Crippen molar-refractivity contribution >= 4 is 28.4 Å². The minimum absolute atomic E-state index is 0.0449. The van der Waals surface area contributed by atoms with E-state index in [0.717, 1.165) is 97.4 Å². The number of ether oxygens (including phenoxy) is 1. The van der Waals surface area contributed by atoms with Gasteiger partial charge in [0.2, 0.25) is 11.8 Å². The number of carbonyl (C=O) groups excluding carboxylic acids is 2. The first kappa shape index (κ1) is 32.5. The summed E-state index contributed by atoms with van der Waals surface area (Å²) in [6, 6.07) is 12.3. The summed E-state index contributed by atoms with van der Waals surface area (Å²) >= 11 is 0. The highest BCUT2D eigenvalue weighted by Gasteiger charge is 2.29. The largest absolute Gasteiger partial charge is 0.508 e. The van der Waals surface area contributed by atoms with Crippen LogP contribution in [-0.4, -0.2) is 107 Å². The Hall–Kier alpha value is -4.44. The molecule has 47 heavy (non-hydrogen) atoms. The molecular weight excluding hydrogens is 592 g/mol.